The van der Waals surface area contributed by atoms with Crippen LogP contribution in [0.15, 0.2) is 11.1 Å². The third kappa shape index (κ3) is 1.08. The number of ketones is 1. The number of Topliss-reactive ketones (excluding diaryl/α,β-unsaturated/α-hetero) is 1. The molecular formula is C8H9NO. The summed E-state index contributed by atoms with van der Waals surface area (Å²) in [5, 5.41) is 8.52. The standard InChI is InChI=1S/C8H9NO/c1-6-7(5-9)3-2-4-8(6)10/h2-4H2,1H3. The number of hydrogen-bond acceptors (Lipinski definition) is 2. The second kappa shape index (κ2) is 2.66. The molecule has 10 heavy (non-hydrogen) atoms. The Morgan fingerprint density at radius 2 is 2.20 bits per heavy atom. The first-order valence-electron chi connectivity index (χ1n) is 3.38. The smallest absolute Gasteiger partial charge is 0.159 e. The Bertz CT molecular complexity index is 232. The highest BCUT2D eigenvalue weighted by Gasteiger charge is 2.15. The quantitative estimate of drug-likeness (QED) is 0.506. The molecule has 0 aliphatic heterocycles. The van der Waals surface area contributed by atoms with Crippen molar-refractivity contribution in [2.24, 2.45) is 0 Å². The molecule has 1 rings (SSSR count). The summed E-state index contributed by atoms with van der Waals surface area (Å²) in [6.45, 7) is 1.74. The van der Waals surface area contributed by atoms with E-state index < -0.39 is 0 Å². The second-order valence-electron chi connectivity index (χ2n) is 2.49. The van der Waals surface area contributed by atoms with Gasteiger partial charge in [-0.2, -0.15) is 5.26 Å². The van der Waals surface area contributed by atoms with E-state index in [1.165, 1.54) is 0 Å². The van der Waals surface area contributed by atoms with E-state index in [-0.39, 0.29) is 5.78 Å². The molecule has 0 fully saturated rings. The van der Waals surface area contributed by atoms with E-state index in [0.717, 1.165) is 12.8 Å². The number of hydrogen-bond donors (Lipinski definition) is 0. The third-order valence-corrected chi connectivity index (χ3v) is 1.84. The lowest BCUT2D eigenvalue weighted by Crippen LogP contribution is -2.07. The highest BCUT2D eigenvalue weighted by atomic mass is 16.1. The minimum absolute atomic E-state index is 0.141. The normalized spacial score (nSPS) is 19.0. The Kier molecular flexibility index (Phi) is 1.86. The Morgan fingerprint density at radius 1 is 1.50 bits per heavy atom. The van der Waals surface area contributed by atoms with Crippen molar-refractivity contribution in [2.75, 3.05) is 0 Å². The number of carbonyl (C=O) groups excluding carboxylic acids is 1. The fourth-order valence-electron chi connectivity index (χ4n) is 1.11. The average Bonchev–Trinajstić information content (AvgIpc) is 1.95. The van der Waals surface area contributed by atoms with Gasteiger partial charge < -0.3 is 0 Å². The lowest BCUT2D eigenvalue weighted by Gasteiger charge is -2.09. The highest BCUT2D eigenvalue weighted by Crippen LogP contribution is 2.20. The van der Waals surface area contributed by atoms with Crippen LogP contribution < -0.4 is 0 Å². The molecule has 0 unspecified atom stereocenters. The summed E-state index contributed by atoms with van der Waals surface area (Å²) in [7, 11) is 0. The molecule has 0 spiro atoms. The molecule has 0 saturated heterocycles. The molecule has 0 amide bonds. The SMILES string of the molecule is CC1=C(C#N)CCCC1=O. The highest BCUT2D eigenvalue weighted by molar-refractivity contribution is 5.96. The zero-order valence-electron chi connectivity index (χ0n) is 5.98. The Labute approximate surface area is 60.2 Å². The van der Waals surface area contributed by atoms with Gasteiger partial charge in [0.05, 0.1) is 6.07 Å². The van der Waals surface area contributed by atoms with Gasteiger partial charge in [-0.25, -0.2) is 0 Å². The van der Waals surface area contributed by atoms with E-state index in [9.17, 15) is 4.79 Å². The van der Waals surface area contributed by atoms with Crippen molar-refractivity contribution >= 4 is 5.78 Å². The molecule has 2 heteroatoms. The Hall–Kier alpha value is -1.10. The van der Waals surface area contributed by atoms with Crippen LogP contribution in [0.3, 0.4) is 0 Å². The van der Waals surface area contributed by atoms with E-state index in [2.05, 4.69) is 0 Å². The molecular weight excluding hydrogens is 126 g/mol. The maximum atomic E-state index is 11.0. The van der Waals surface area contributed by atoms with Crippen molar-refractivity contribution < 1.29 is 4.79 Å². The zero-order valence-corrected chi connectivity index (χ0v) is 5.98. The molecule has 1 aliphatic rings. The lowest BCUT2D eigenvalue weighted by molar-refractivity contribution is -0.116. The van der Waals surface area contributed by atoms with E-state index in [1.807, 2.05) is 6.07 Å². The van der Waals surface area contributed by atoms with Gasteiger partial charge in [-0.3, -0.25) is 4.79 Å². The van der Waals surface area contributed by atoms with Gasteiger partial charge in [0.2, 0.25) is 0 Å². The first-order chi connectivity index (χ1) is 4.75. The van der Waals surface area contributed by atoms with Gasteiger partial charge in [-0.1, -0.05) is 0 Å². The molecule has 0 aromatic heterocycles. The molecule has 0 radical (unpaired) electrons. The summed E-state index contributed by atoms with van der Waals surface area (Å²) < 4.78 is 0. The van der Waals surface area contributed by atoms with Crippen LogP contribution in [0.1, 0.15) is 26.2 Å². The van der Waals surface area contributed by atoms with Crippen LogP contribution in [-0.4, -0.2) is 5.78 Å². The van der Waals surface area contributed by atoms with Crippen LogP contribution in [0.5, 0.6) is 0 Å². The number of nitriles is 1. The van der Waals surface area contributed by atoms with Gasteiger partial charge in [-0.15, -0.1) is 0 Å². The van der Waals surface area contributed by atoms with Crippen molar-refractivity contribution in [1.29, 1.82) is 5.26 Å². The minimum atomic E-state index is 0.141. The number of carbonyl (C=O) groups is 1. The molecule has 0 atom stereocenters. The van der Waals surface area contributed by atoms with Gasteiger partial charge in [0, 0.05) is 17.6 Å². The van der Waals surface area contributed by atoms with Crippen molar-refractivity contribution in [3.63, 3.8) is 0 Å². The third-order valence-electron chi connectivity index (χ3n) is 1.84. The van der Waals surface area contributed by atoms with E-state index in [1.54, 1.807) is 6.92 Å². The van der Waals surface area contributed by atoms with Crippen molar-refractivity contribution in [3.8, 4) is 6.07 Å². The summed E-state index contributed by atoms with van der Waals surface area (Å²) in [6.07, 6.45) is 2.25. The van der Waals surface area contributed by atoms with E-state index >= 15 is 0 Å². The first kappa shape index (κ1) is 7.01. The fraction of sp³-hybridized carbons (Fsp3) is 0.500. The van der Waals surface area contributed by atoms with Gasteiger partial charge in [0.15, 0.2) is 5.78 Å². The average molecular weight is 135 g/mol. The van der Waals surface area contributed by atoms with Gasteiger partial charge in [0.1, 0.15) is 0 Å². The molecule has 52 valence electrons. The molecule has 0 aromatic carbocycles. The largest absolute Gasteiger partial charge is 0.295 e. The predicted molar refractivity (Wildman–Crippen MR) is 37.2 cm³/mol. The van der Waals surface area contributed by atoms with E-state index in [0.29, 0.717) is 17.6 Å². The van der Waals surface area contributed by atoms with Gasteiger partial charge in [-0.05, 0) is 19.8 Å². The molecule has 0 bridgehead atoms. The Balaban J connectivity index is 2.96. The lowest BCUT2D eigenvalue weighted by atomic mass is 9.93. The van der Waals surface area contributed by atoms with Crippen LogP contribution in [0.2, 0.25) is 0 Å². The summed E-state index contributed by atoms with van der Waals surface area (Å²) in [6, 6.07) is 2.04. The molecule has 0 N–H and O–H groups in total. The topological polar surface area (TPSA) is 40.9 Å². The van der Waals surface area contributed by atoms with E-state index in [4.69, 9.17) is 5.26 Å². The second-order valence-corrected chi connectivity index (χ2v) is 2.49. The van der Waals surface area contributed by atoms with Crippen molar-refractivity contribution in [2.45, 2.75) is 26.2 Å². The fourth-order valence-corrected chi connectivity index (χ4v) is 1.11. The summed E-state index contributed by atoms with van der Waals surface area (Å²) in [5.74, 6) is 0.141. The minimum Gasteiger partial charge on any atom is -0.295 e. The molecule has 0 saturated carbocycles. The maximum Gasteiger partial charge on any atom is 0.159 e. The number of allylic oxidation sites excluding steroid dienone is 2. The number of rotatable bonds is 0. The number of nitrogens with zero attached hydrogens (tertiary/aromatic N) is 1. The first-order valence-corrected chi connectivity index (χ1v) is 3.38. The van der Waals surface area contributed by atoms with Crippen molar-refractivity contribution in [1.82, 2.24) is 0 Å². The summed E-state index contributed by atoms with van der Waals surface area (Å²) in [5.41, 5.74) is 1.35. The van der Waals surface area contributed by atoms with Gasteiger partial charge in [0.25, 0.3) is 0 Å². The molecule has 1 aliphatic carbocycles. The molecule has 0 heterocycles. The predicted octanol–water partition coefficient (Wildman–Crippen LogP) is 1.58. The van der Waals surface area contributed by atoms with Crippen molar-refractivity contribution in [3.05, 3.63) is 11.1 Å². The monoisotopic (exact) mass is 135 g/mol. The molecule has 2 nitrogen and oxygen atoms in total. The summed E-state index contributed by atoms with van der Waals surface area (Å²) in [4.78, 5) is 11.0. The zero-order chi connectivity index (χ0) is 7.56. The Morgan fingerprint density at radius 3 is 2.70 bits per heavy atom. The van der Waals surface area contributed by atoms with Crippen LogP contribution in [0.4, 0.5) is 0 Å². The van der Waals surface area contributed by atoms with Crippen LogP contribution in [-0.2, 0) is 4.79 Å². The van der Waals surface area contributed by atoms with Crippen LogP contribution in [0, 0.1) is 11.3 Å². The van der Waals surface area contributed by atoms with Gasteiger partial charge >= 0.3 is 0 Å². The van der Waals surface area contributed by atoms with Crippen LogP contribution in [0.25, 0.3) is 0 Å². The summed E-state index contributed by atoms with van der Waals surface area (Å²) >= 11 is 0. The maximum absolute atomic E-state index is 11.0. The molecule has 0 aromatic rings. The van der Waals surface area contributed by atoms with Crippen LogP contribution >= 0.6 is 0 Å².